The standard InChI is InChI=1S/C14H19N3O2S2/c1-3-11-4-5-13(6-12(11)7-15)21(18,19)17-8-14-10(2)16-9-20-14/h4-6,9,17H,3,7-8,15H2,1-2H3. The second-order valence-corrected chi connectivity index (χ2v) is 7.38. The molecule has 114 valence electrons. The Balaban J connectivity index is 2.21. The fourth-order valence-corrected chi connectivity index (χ4v) is 3.90. The molecule has 0 saturated carbocycles. The van der Waals surface area contributed by atoms with E-state index in [9.17, 15) is 8.42 Å². The quantitative estimate of drug-likeness (QED) is 0.850. The van der Waals surface area contributed by atoms with Gasteiger partial charge >= 0.3 is 0 Å². The highest BCUT2D eigenvalue weighted by Crippen LogP contribution is 2.18. The number of thiazole rings is 1. The van der Waals surface area contributed by atoms with Crippen molar-refractivity contribution < 1.29 is 8.42 Å². The Morgan fingerprint density at radius 3 is 2.67 bits per heavy atom. The Labute approximate surface area is 129 Å². The van der Waals surface area contributed by atoms with E-state index < -0.39 is 10.0 Å². The third-order valence-corrected chi connectivity index (χ3v) is 5.69. The maximum Gasteiger partial charge on any atom is 0.240 e. The Morgan fingerprint density at radius 1 is 1.33 bits per heavy atom. The van der Waals surface area contributed by atoms with Gasteiger partial charge < -0.3 is 5.73 Å². The molecule has 0 fully saturated rings. The van der Waals surface area contributed by atoms with Crippen molar-refractivity contribution in [2.75, 3.05) is 0 Å². The Morgan fingerprint density at radius 2 is 2.10 bits per heavy atom. The number of nitrogens with zero attached hydrogens (tertiary/aromatic N) is 1. The minimum Gasteiger partial charge on any atom is -0.326 e. The van der Waals surface area contributed by atoms with Crippen LogP contribution >= 0.6 is 11.3 Å². The molecule has 2 aromatic rings. The zero-order valence-corrected chi connectivity index (χ0v) is 13.7. The molecule has 0 radical (unpaired) electrons. The molecular formula is C14H19N3O2S2. The van der Waals surface area contributed by atoms with E-state index in [-0.39, 0.29) is 11.4 Å². The van der Waals surface area contributed by atoms with Crippen molar-refractivity contribution in [1.82, 2.24) is 9.71 Å². The summed E-state index contributed by atoms with van der Waals surface area (Å²) in [6.07, 6.45) is 0.834. The Kier molecular flexibility index (Phi) is 5.10. The summed E-state index contributed by atoms with van der Waals surface area (Å²) in [4.78, 5) is 5.28. The lowest BCUT2D eigenvalue weighted by Crippen LogP contribution is -2.23. The molecule has 0 aliphatic carbocycles. The summed E-state index contributed by atoms with van der Waals surface area (Å²) in [6.45, 7) is 4.48. The molecule has 0 spiro atoms. The number of aromatic nitrogens is 1. The monoisotopic (exact) mass is 325 g/mol. The third-order valence-electron chi connectivity index (χ3n) is 3.36. The summed E-state index contributed by atoms with van der Waals surface area (Å²) in [5.74, 6) is 0. The maximum atomic E-state index is 12.3. The minimum atomic E-state index is -3.54. The molecule has 1 aromatic heterocycles. The van der Waals surface area contributed by atoms with Gasteiger partial charge in [0, 0.05) is 18.0 Å². The lowest BCUT2D eigenvalue weighted by atomic mass is 10.1. The van der Waals surface area contributed by atoms with Crippen LogP contribution in [0.2, 0.25) is 0 Å². The van der Waals surface area contributed by atoms with Crippen LogP contribution < -0.4 is 10.5 Å². The normalized spacial score (nSPS) is 11.8. The fraction of sp³-hybridized carbons (Fsp3) is 0.357. The molecule has 2 rings (SSSR count). The van der Waals surface area contributed by atoms with Gasteiger partial charge in [0.2, 0.25) is 10.0 Å². The van der Waals surface area contributed by atoms with Gasteiger partial charge in [0.05, 0.1) is 16.1 Å². The molecule has 0 saturated heterocycles. The third kappa shape index (κ3) is 3.68. The second-order valence-electron chi connectivity index (χ2n) is 4.67. The number of rotatable bonds is 6. The van der Waals surface area contributed by atoms with E-state index in [2.05, 4.69) is 9.71 Å². The molecule has 5 nitrogen and oxygen atoms in total. The first-order valence-corrected chi connectivity index (χ1v) is 9.04. The predicted molar refractivity (Wildman–Crippen MR) is 84.6 cm³/mol. The van der Waals surface area contributed by atoms with E-state index in [0.29, 0.717) is 6.54 Å². The lowest BCUT2D eigenvalue weighted by Gasteiger charge is -2.10. The first-order valence-electron chi connectivity index (χ1n) is 6.68. The molecule has 1 heterocycles. The molecule has 0 aliphatic rings. The number of aryl methyl sites for hydroxylation is 2. The topological polar surface area (TPSA) is 85.1 Å². The van der Waals surface area contributed by atoms with Crippen LogP contribution in [0.1, 0.15) is 28.6 Å². The average Bonchev–Trinajstić information content (AvgIpc) is 2.89. The fourth-order valence-electron chi connectivity index (χ4n) is 2.04. The van der Waals surface area contributed by atoms with Gasteiger partial charge in [-0.2, -0.15) is 0 Å². The number of benzene rings is 1. The number of hydrogen-bond donors (Lipinski definition) is 2. The van der Waals surface area contributed by atoms with Crippen LogP contribution in [-0.4, -0.2) is 13.4 Å². The molecule has 0 aliphatic heterocycles. The number of nitrogens with two attached hydrogens (primary N) is 1. The SMILES string of the molecule is CCc1ccc(S(=O)(=O)NCc2scnc2C)cc1CN. The Bertz CT molecular complexity index is 724. The van der Waals surface area contributed by atoms with Gasteiger partial charge in [0.25, 0.3) is 0 Å². The van der Waals surface area contributed by atoms with Crippen LogP contribution in [0.15, 0.2) is 28.6 Å². The minimum absolute atomic E-state index is 0.252. The van der Waals surface area contributed by atoms with Gasteiger partial charge in [0.15, 0.2) is 0 Å². The van der Waals surface area contributed by atoms with Crippen molar-refractivity contribution in [2.24, 2.45) is 5.73 Å². The predicted octanol–water partition coefficient (Wildman–Crippen LogP) is 1.95. The van der Waals surface area contributed by atoms with E-state index >= 15 is 0 Å². The highest BCUT2D eigenvalue weighted by Gasteiger charge is 2.16. The molecule has 7 heteroatoms. The molecule has 0 bridgehead atoms. The zero-order chi connectivity index (χ0) is 15.5. The van der Waals surface area contributed by atoms with E-state index in [1.807, 2.05) is 19.9 Å². The highest BCUT2D eigenvalue weighted by atomic mass is 32.2. The molecule has 0 amide bonds. The molecule has 21 heavy (non-hydrogen) atoms. The molecule has 1 aromatic carbocycles. The van der Waals surface area contributed by atoms with Gasteiger partial charge in [0.1, 0.15) is 0 Å². The smallest absolute Gasteiger partial charge is 0.240 e. The average molecular weight is 325 g/mol. The van der Waals surface area contributed by atoms with Crippen molar-refractivity contribution in [3.63, 3.8) is 0 Å². The van der Waals surface area contributed by atoms with Gasteiger partial charge in [-0.05, 0) is 36.6 Å². The highest BCUT2D eigenvalue weighted by molar-refractivity contribution is 7.89. The lowest BCUT2D eigenvalue weighted by molar-refractivity contribution is 0.581. The first kappa shape index (κ1) is 16.1. The van der Waals surface area contributed by atoms with Crippen molar-refractivity contribution >= 4 is 21.4 Å². The van der Waals surface area contributed by atoms with Crippen molar-refractivity contribution in [3.8, 4) is 0 Å². The second kappa shape index (κ2) is 6.65. The summed E-state index contributed by atoms with van der Waals surface area (Å²) < 4.78 is 27.3. The summed E-state index contributed by atoms with van der Waals surface area (Å²) >= 11 is 1.44. The molecule has 0 atom stereocenters. The van der Waals surface area contributed by atoms with Crippen molar-refractivity contribution in [3.05, 3.63) is 45.4 Å². The first-order chi connectivity index (χ1) is 9.97. The molecular weight excluding hydrogens is 306 g/mol. The number of sulfonamides is 1. The van der Waals surface area contributed by atoms with Crippen LogP contribution in [0.4, 0.5) is 0 Å². The van der Waals surface area contributed by atoms with Gasteiger partial charge in [-0.3, -0.25) is 0 Å². The van der Waals surface area contributed by atoms with Crippen molar-refractivity contribution in [2.45, 2.75) is 38.3 Å². The van der Waals surface area contributed by atoms with Crippen LogP contribution in [-0.2, 0) is 29.5 Å². The van der Waals surface area contributed by atoms with Crippen molar-refractivity contribution in [1.29, 1.82) is 0 Å². The van der Waals surface area contributed by atoms with E-state index in [1.165, 1.54) is 11.3 Å². The van der Waals surface area contributed by atoms with Gasteiger partial charge in [-0.1, -0.05) is 13.0 Å². The summed E-state index contributed by atoms with van der Waals surface area (Å²) in [7, 11) is -3.54. The van der Waals surface area contributed by atoms with Crippen LogP contribution in [0.25, 0.3) is 0 Å². The maximum absolute atomic E-state index is 12.3. The molecule has 3 N–H and O–H groups in total. The van der Waals surface area contributed by atoms with E-state index in [4.69, 9.17) is 5.73 Å². The molecule has 0 unspecified atom stereocenters. The largest absolute Gasteiger partial charge is 0.326 e. The zero-order valence-electron chi connectivity index (χ0n) is 12.1. The van der Waals surface area contributed by atoms with Gasteiger partial charge in [-0.15, -0.1) is 11.3 Å². The van der Waals surface area contributed by atoms with Crippen LogP contribution in [0.3, 0.4) is 0 Å². The van der Waals surface area contributed by atoms with Crippen LogP contribution in [0.5, 0.6) is 0 Å². The number of nitrogens with one attached hydrogen (secondary N) is 1. The summed E-state index contributed by atoms with van der Waals surface area (Å²) in [5, 5.41) is 0. The van der Waals surface area contributed by atoms with Crippen LogP contribution in [0, 0.1) is 6.92 Å². The van der Waals surface area contributed by atoms with E-state index in [1.54, 1.807) is 17.6 Å². The Hall–Kier alpha value is -1.28. The summed E-state index contributed by atoms with van der Waals surface area (Å²) in [5.41, 5.74) is 10.2. The van der Waals surface area contributed by atoms with Gasteiger partial charge in [-0.25, -0.2) is 18.1 Å². The van der Waals surface area contributed by atoms with E-state index in [0.717, 1.165) is 28.1 Å². The summed E-state index contributed by atoms with van der Waals surface area (Å²) in [6, 6.07) is 5.11. The number of hydrogen-bond acceptors (Lipinski definition) is 5.